The van der Waals surface area contributed by atoms with Crippen LogP contribution >= 0.6 is 11.3 Å². The molecular formula is C12H13NO4S. The number of nitrogens with zero attached hydrogens (tertiary/aromatic N) is 1. The highest BCUT2D eigenvalue weighted by molar-refractivity contribution is 7.11. The maximum Gasteiger partial charge on any atom is 0.374 e. The summed E-state index contributed by atoms with van der Waals surface area (Å²) in [6.45, 7) is 2.28. The van der Waals surface area contributed by atoms with Crippen molar-refractivity contribution in [1.82, 2.24) is 4.90 Å². The second-order valence-corrected chi connectivity index (χ2v) is 5.63. The average molecular weight is 267 g/mol. The lowest BCUT2D eigenvalue weighted by Crippen LogP contribution is -2.41. The zero-order chi connectivity index (χ0) is 13.3. The first-order valence-electron chi connectivity index (χ1n) is 5.61. The van der Waals surface area contributed by atoms with E-state index < -0.39 is 17.8 Å². The molecule has 96 valence electrons. The van der Waals surface area contributed by atoms with Gasteiger partial charge in [0.15, 0.2) is 0 Å². The van der Waals surface area contributed by atoms with Gasteiger partial charge in [0.25, 0.3) is 5.78 Å². The highest BCUT2D eigenvalue weighted by atomic mass is 32.1. The fourth-order valence-corrected chi connectivity index (χ4v) is 2.97. The van der Waals surface area contributed by atoms with Crippen LogP contribution in [0.5, 0.6) is 0 Å². The van der Waals surface area contributed by atoms with Crippen molar-refractivity contribution in [3.05, 3.63) is 21.9 Å². The summed E-state index contributed by atoms with van der Waals surface area (Å²) in [4.78, 5) is 37.4. The molecule has 0 bridgehead atoms. The van der Waals surface area contributed by atoms with Crippen molar-refractivity contribution in [1.29, 1.82) is 0 Å². The number of carboxylic acid groups (broad SMARTS) is 1. The molecule has 1 amide bonds. The summed E-state index contributed by atoms with van der Waals surface area (Å²) in [5, 5.41) is 8.73. The predicted molar refractivity (Wildman–Crippen MR) is 65.3 cm³/mol. The molecule has 1 aliphatic heterocycles. The molecule has 0 radical (unpaired) electrons. The highest BCUT2D eigenvalue weighted by Crippen LogP contribution is 2.25. The third kappa shape index (κ3) is 2.43. The summed E-state index contributed by atoms with van der Waals surface area (Å²) >= 11 is 1.55. The number of hydrogen-bond acceptors (Lipinski definition) is 4. The van der Waals surface area contributed by atoms with Crippen molar-refractivity contribution in [2.24, 2.45) is 0 Å². The van der Waals surface area contributed by atoms with E-state index in [2.05, 4.69) is 0 Å². The molecule has 2 heterocycles. The van der Waals surface area contributed by atoms with Crippen LogP contribution in [0.3, 0.4) is 0 Å². The van der Waals surface area contributed by atoms with Crippen LogP contribution in [-0.4, -0.2) is 33.7 Å². The fourth-order valence-electron chi connectivity index (χ4n) is 2.08. The van der Waals surface area contributed by atoms with E-state index >= 15 is 0 Å². The van der Waals surface area contributed by atoms with Crippen molar-refractivity contribution in [3.63, 3.8) is 0 Å². The number of aryl methyl sites for hydroxylation is 1. The maximum atomic E-state index is 11.7. The number of carboxylic acids is 1. The zero-order valence-corrected chi connectivity index (χ0v) is 10.7. The van der Waals surface area contributed by atoms with Gasteiger partial charge < -0.3 is 10.0 Å². The Morgan fingerprint density at radius 2 is 2.22 bits per heavy atom. The van der Waals surface area contributed by atoms with Gasteiger partial charge >= 0.3 is 5.97 Å². The number of likely N-dealkylation sites (tertiary alicyclic amines) is 1. The summed E-state index contributed by atoms with van der Waals surface area (Å²) in [6, 6.07) is 3.03. The van der Waals surface area contributed by atoms with Gasteiger partial charge in [-0.15, -0.1) is 11.3 Å². The first-order valence-corrected chi connectivity index (χ1v) is 6.42. The molecule has 1 atom stereocenters. The average Bonchev–Trinajstić information content (AvgIpc) is 2.87. The number of ketones is 1. The maximum absolute atomic E-state index is 11.7. The van der Waals surface area contributed by atoms with Gasteiger partial charge in [-0.1, -0.05) is 0 Å². The summed E-state index contributed by atoms with van der Waals surface area (Å²) < 4.78 is 0. The van der Waals surface area contributed by atoms with Crippen LogP contribution in [0.4, 0.5) is 0 Å². The van der Waals surface area contributed by atoms with Crippen molar-refractivity contribution in [2.45, 2.75) is 32.4 Å². The number of Topliss-reactive ketones (excluding diaryl/α,β-unsaturated/α-hetero) is 1. The Morgan fingerprint density at radius 3 is 2.78 bits per heavy atom. The van der Waals surface area contributed by atoms with Gasteiger partial charge in [-0.25, -0.2) is 4.79 Å². The van der Waals surface area contributed by atoms with E-state index in [-0.39, 0.29) is 12.3 Å². The topological polar surface area (TPSA) is 74.7 Å². The molecule has 1 aromatic rings. The van der Waals surface area contributed by atoms with Crippen molar-refractivity contribution < 1.29 is 19.5 Å². The summed E-state index contributed by atoms with van der Waals surface area (Å²) in [7, 11) is 0. The van der Waals surface area contributed by atoms with E-state index in [1.807, 2.05) is 19.1 Å². The Hall–Kier alpha value is -1.69. The molecule has 2 rings (SSSR count). The van der Waals surface area contributed by atoms with Crippen molar-refractivity contribution >= 4 is 29.0 Å². The normalized spacial score (nSPS) is 19.3. The van der Waals surface area contributed by atoms with E-state index in [0.29, 0.717) is 13.0 Å². The molecule has 6 heteroatoms. The van der Waals surface area contributed by atoms with Crippen LogP contribution in [0.25, 0.3) is 0 Å². The molecule has 1 fully saturated rings. The number of hydrogen-bond donors (Lipinski definition) is 1. The lowest BCUT2D eigenvalue weighted by Gasteiger charge is -2.21. The number of carbonyl (C=O) groups excluding carboxylic acids is 2. The van der Waals surface area contributed by atoms with Crippen molar-refractivity contribution in [3.8, 4) is 0 Å². The summed E-state index contributed by atoms with van der Waals surface area (Å²) in [5.74, 6) is -2.52. The van der Waals surface area contributed by atoms with Gasteiger partial charge in [0.05, 0.1) is 6.54 Å². The lowest BCUT2D eigenvalue weighted by molar-refractivity contribution is -0.152. The second kappa shape index (κ2) is 4.89. The number of rotatable bonds is 4. The third-order valence-corrected chi connectivity index (χ3v) is 3.95. The van der Waals surface area contributed by atoms with Crippen molar-refractivity contribution in [2.75, 3.05) is 0 Å². The third-order valence-electron chi connectivity index (χ3n) is 2.96. The van der Waals surface area contributed by atoms with Gasteiger partial charge in [-0.3, -0.25) is 9.59 Å². The second-order valence-electron chi connectivity index (χ2n) is 4.26. The molecule has 0 aromatic carbocycles. The summed E-state index contributed by atoms with van der Waals surface area (Å²) in [6.07, 6.45) is 0.544. The highest BCUT2D eigenvalue weighted by Gasteiger charge is 2.38. The Balaban J connectivity index is 2.15. The smallest absolute Gasteiger partial charge is 0.374 e. The molecule has 0 spiro atoms. The van der Waals surface area contributed by atoms with Gasteiger partial charge in [-0.05, 0) is 25.5 Å². The molecule has 1 aliphatic rings. The minimum Gasteiger partial charge on any atom is -0.475 e. The van der Waals surface area contributed by atoms with E-state index in [4.69, 9.17) is 5.11 Å². The number of aliphatic carboxylic acids is 1. The van der Waals surface area contributed by atoms with E-state index in [0.717, 1.165) is 9.75 Å². The van der Waals surface area contributed by atoms with Crippen LogP contribution in [-0.2, 0) is 20.9 Å². The predicted octanol–water partition coefficient (Wildman–Crippen LogP) is 1.20. The van der Waals surface area contributed by atoms with E-state index in [9.17, 15) is 14.4 Å². The molecule has 1 aromatic heterocycles. The van der Waals surface area contributed by atoms with Crippen LogP contribution < -0.4 is 0 Å². The minimum absolute atomic E-state index is 0.152. The molecule has 5 nitrogen and oxygen atoms in total. The van der Waals surface area contributed by atoms with Crippen LogP contribution in [0.15, 0.2) is 12.1 Å². The van der Waals surface area contributed by atoms with E-state index in [1.54, 1.807) is 11.3 Å². The fraction of sp³-hybridized carbons (Fsp3) is 0.417. The molecular weight excluding hydrogens is 254 g/mol. The Labute approximate surface area is 108 Å². The van der Waals surface area contributed by atoms with Gasteiger partial charge in [0.2, 0.25) is 5.91 Å². The summed E-state index contributed by atoms with van der Waals surface area (Å²) in [5.41, 5.74) is 0. The molecule has 0 aliphatic carbocycles. The molecule has 0 saturated carbocycles. The first-order chi connectivity index (χ1) is 8.49. The monoisotopic (exact) mass is 267 g/mol. The Morgan fingerprint density at radius 1 is 1.50 bits per heavy atom. The number of thiophene rings is 1. The van der Waals surface area contributed by atoms with Gasteiger partial charge in [0, 0.05) is 16.2 Å². The van der Waals surface area contributed by atoms with Gasteiger partial charge in [-0.2, -0.15) is 0 Å². The standard InChI is InChI=1S/C12H13NO4S/c1-7-2-3-8(18-7)6-13-9(4-5-10(13)14)11(15)12(16)17/h2-3,9H,4-6H2,1H3,(H,16,17). The molecule has 18 heavy (non-hydrogen) atoms. The first kappa shape index (κ1) is 12.8. The lowest BCUT2D eigenvalue weighted by atomic mass is 10.1. The van der Waals surface area contributed by atoms with Crippen LogP contribution in [0.1, 0.15) is 22.6 Å². The molecule has 1 unspecified atom stereocenters. The molecule has 1 saturated heterocycles. The van der Waals surface area contributed by atoms with Crippen LogP contribution in [0.2, 0.25) is 0 Å². The quantitative estimate of drug-likeness (QED) is 0.832. The van der Waals surface area contributed by atoms with Gasteiger partial charge in [0.1, 0.15) is 6.04 Å². The SMILES string of the molecule is Cc1ccc(CN2C(=O)CCC2C(=O)C(=O)O)s1. The number of carbonyl (C=O) groups is 3. The largest absolute Gasteiger partial charge is 0.475 e. The number of amides is 1. The minimum atomic E-state index is -1.47. The van der Waals surface area contributed by atoms with Crippen LogP contribution in [0, 0.1) is 6.92 Å². The Bertz CT molecular complexity index is 508. The van der Waals surface area contributed by atoms with E-state index in [1.165, 1.54) is 4.90 Å². The zero-order valence-electron chi connectivity index (χ0n) is 9.88. The Kier molecular flexibility index (Phi) is 3.47. The molecule has 1 N–H and O–H groups in total.